The Labute approximate surface area is 150 Å². The number of aromatic nitrogens is 1. The SMILES string of the molecule is Cc1noc(C)c1C[C@H](C)NC(=O)N1CCCC[C@@H](N2CCCC2)C1. The molecule has 2 saturated heterocycles. The lowest BCUT2D eigenvalue weighted by Gasteiger charge is -2.31. The number of hydrogen-bond acceptors (Lipinski definition) is 4. The summed E-state index contributed by atoms with van der Waals surface area (Å²) in [6.07, 6.45) is 6.92. The van der Waals surface area contributed by atoms with E-state index in [0.717, 1.165) is 42.9 Å². The van der Waals surface area contributed by atoms with E-state index >= 15 is 0 Å². The number of nitrogens with zero attached hydrogens (tertiary/aromatic N) is 3. The van der Waals surface area contributed by atoms with Gasteiger partial charge in [-0.3, -0.25) is 4.90 Å². The molecule has 0 spiro atoms. The molecule has 1 aromatic rings. The Morgan fingerprint density at radius 3 is 2.64 bits per heavy atom. The minimum Gasteiger partial charge on any atom is -0.361 e. The van der Waals surface area contributed by atoms with Gasteiger partial charge in [-0.2, -0.15) is 0 Å². The fourth-order valence-corrected chi connectivity index (χ4v) is 4.16. The van der Waals surface area contributed by atoms with Crippen molar-refractivity contribution in [2.24, 2.45) is 0 Å². The fraction of sp³-hybridized carbons (Fsp3) is 0.789. The molecule has 3 rings (SSSR count). The van der Waals surface area contributed by atoms with Gasteiger partial charge in [-0.25, -0.2) is 4.79 Å². The average molecular weight is 348 g/mol. The molecule has 0 bridgehead atoms. The van der Waals surface area contributed by atoms with E-state index in [0.29, 0.717) is 6.04 Å². The van der Waals surface area contributed by atoms with Crippen LogP contribution in [0.4, 0.5) is 4.79 Å². The van der Waals surface area contributed by atoms with E-state index in [1.165, 1.54) is 38.8 Å². The number of aryl methyl sites for hydroxylation is 2. The van der Waals surface area contributed by atoms with Gasteiger partial charge in [0.05, 0.1) is 5.69 Å². The zero-order chi connectivity index (χ0) is 17.8. The van der Waals surface area contributed by atoms with Gasteiger partial charge in [0, 0.05) is 30.7 Å². The Bertz CT molecular complexity index is 560. The third kappa shape index (κ3) is 4.54. The summed E-state index contributed by atoms with van der Waals surface area (Å²) in [5, 5.41) is 7.18. The molecule has 0 aromatic carbocycles. The maximum absolute atomic E-state index is 12.8. The van der Waals surface area contributed by atoms with Crippen molar-refractivity contribution in [1.82, 2.24) is 20.3 Å². The van der Waals surface area contributed by atoms with Crippen LogP contribution in [0.2, 0.25) is 0 Å². The van der Waals surface area contributed by atoms with E-state index < -0.39 is 0 Å². The molecule has 0 aliphatic carbocycles. The first-order chi connectivity index (χ1) is 12.0. The summed E-state index contributed by atoms with van der Waals surface area (Å²) < 4.78 is 5.23. The number of amides is 2. The molecular weight excluding hydrogens is 316 g/mol. The Hall–Kier alpha value is -1.56. The molecule has 6 nitrogen and oxygen atoms in total. The average Bonchev–Trinajstić information content (AvgIpc) is 3.14. The topological polar surface area (TPSA) is 61.6 Å². The largest absolute Gasteiger partial charge is 0.361 e. The van der Waals surface area contributed by atoms with E-state index in [2.05, 4.69) is 22.3 Å². The maximum atomic E-state index is 12.8. The highest BCUT2D eigenvalue weighted by Crippen LogP contribution is 2.21. The predicted octanol–water partition coefficient (Wildman–Crippen LogP) is 2.88. The van der Waals surface area contributed by atoms with Crippen LogP contribution in [-0.4, -0.2) is 59.3 Å². The molecule has 140 valence electrons. The van der Waals surface area contributed by atoms with Crippen molar-refractivity contribution in [1.29, 1.82) is 0 Å². The molecule has 0 unspecified atom stereocenters. The van der Waals surface area contributed by atoms with Crippen molar-refractivity contribution < 1.29 is 9.32 Å². The summed E-state index contributed by atoms with van der Waals surface area (Å²) in [4.78, 5) is 17.4. The summed E-state index contributed by atoms with van der Waals surface area (Å²) in [5.41, 5.74) is 2.03. The monoisotopic (exact) mass is 348 g/mol. The molecule has 3 heterocycles. The molecule has 2 fully saturated rings. The Kier molecular flexibility index (Phi) is 5.99. The van der Waals surface area contributed by atoms with Crippen LogP contribution in [0.5, 0.6) is 0 Å². The smallest absolute Gasteiger partial charge is 0.317 e. The van der Waals surface area contributed by atoms with Gasteiger partial charge < -0.3 is 14.7 Å². The van der Waals surface area contributed by atoms with Crippen LogP contribution in [0.1, 0.15) is 56.0 Å². The van der Waals surface area contributed by atoms with Gasteiger partial charge in [-0.05, 0) is 66.0 Å². The number of nitrogens with one attached hydrogen (secondary N) is 1. The third-order valence-corrected chi connectivity index (χ3v) is 5.65. The van der Waals surface area contributed by atoms with Gasteiger partial charge in [-0.1, -0.05) is 11.6 Å². The highest BCUT2D eigenvalue weighted by molar-refractivity contribution is 5.74. The van der Waals surface area contributed by atoms with E-state index in [1.54, 1.807) is 0 Å². The number of likely N-dealkylation sites (tertiary alicyclic amines) is 2. The molecule has 1 N–H and O–H groups in total. The van der Waals surface area contributed by atoms with Crippen LogP contribution in [0.3, 0.4) is 0 Å². The van der Waals surface area contributed by atoms with Crippen molar-refractivity contribution in [3.63, 3.8) is 0 Å². The minimum absolute atomic E-state index is 0.0674. The molecule has 25 heavy (non-hydrogen) atoms. The fourth-order valence-electron chi connectivity index (χ4n) is 4.16. The van der Waals surface area contributed by atoms with Gasteiger partial charge in [0.1, 0.15) is 5.76 Å². The summed E-state index contributed by atoms with van der Waals surface area (Å²) in [6, 6.07) is 0.678. The van der Waals surface area contributed by atoms with Crippen LogP contribution < -0.4 is 5.32 Å². The van der Waals surface area contributed by atoms with Crippen LogP contribution in [0.25, 0.3) is 0 Å². The molecule has 2 aliphatic heterocycles. The first-order valence-corrected chi connectivity index (χ1v) is 9.76. The van der Waals surface area contributed by atoms with Crippen molar-refractivity contribution in [3.8, 4) is 0 Å². The number of carbonyl (C=O) groups excluding carboxylic acids is 1. The summed E-state index contributed by atoms with van der Waals surface area (Å²) >= 11 is 0. The van der Waals surface area contributed by atoms with Gasteiger partial charge in [0.2, 0.25) is 0 Å². The van der Waals surface area contributed by atoms with Crippen LogP contribution in [0.15, 0.2) is 4.52 Å². The molecule has 2 aliphatic rings. The van der Waals surface area contributed by atoms with Crippen molar-refractivity contribution in [2.45, 2.75) is 71.4 Å². The summed E-state index contributed by atoms with van der Waals surface area (Å²) in [7, 11) is 0. The second kappa shape index (κ2) is 8.21. The van der Waals surface area contributed by atoms with Gasteiger partial charge in [-0.15, -0.1) is 0 Å². The third-order valence-electron chi connectivity index (χ3n) is 5.65. The second-order valence-corrected chi connectivity index (χ2v) is 7.70. The van der Waals surface area contributed by atoms with Crippen molar-refractivity contribution in [2.75, 3.05) is 26.2 Å². The van der Waals surface area contributed by atoms with Gasteiger partial charge in [0.25, 0.3) is 0 Å². The molecule has 2 atom stereocenters. The number of urea groups is 1. The lowest BCUT2D eigenvalue weighted by Crippen LogP contribution is -2.49. The van der Waals surface area contributed by atoms with Crippen LogP contribution in [0, 0.1) is 13.8 Å². The molecule has 0 saturated carbocycles. The van der Waals surface area contributed by atoms with E-state index in [-0.39, 0.29) is 12.1 Å². The highest BCUT2D eigenvalue weighted by Gasteiger charge is 2.28. The zero-order valence-corrected chi connectivity index (χ0v) is 15.9. The lowest BCUT2D eigenvalue weighted by atomic mass is 10.1. The van der Waals surface area contributed by atoms with Crippen LogP contribution >= 0.6 is 0 Å². The summed E-state index contributed by atoms with van der Waals surface area (Å²) in [5.74, 6) is 0.850. The normalized spacial score (nSPS) is 23.5. The number of carbonyl (C=O) groups is 1. The molecule has 0 radical (unpaired) electrons. The first-order valence-electron chi connectivity index (χ1n) is 9.76. The Morgan fingerprint density at radius 1 is 1.24 bits per heavy atom. The second-order valence-electron chi connectivity index (χ2n) is 7.70. The Balaban J connectivity index is 1.55. The van der Waals surface area contributed by atoms with Gasteiger partial charge in [0.15, 0.2) is 0 Å². The van der Waals surface area contributed by atoms with Crippen molar-refractivity contribution >= 4 is 6.03 Å². The highest BCUT2D eigenvalue weighted by atomic mass is 16.5. The van der Waals surface area contributed by atoms with E-state index in [1.807, 2.05) is 18.7 Å². The minimum atomic E-state index is 0.0674. The maximum Gasteiger partial charge on any atom is 0.317 e. The molecular formula is C19H32N4O2. The summed E-state index contributed by atoms with van der Waals surface area (Å²) in [6.45, 7) is 10.1. The lowest BCUT2D eigenvalue weighted by molar-refractivity contribution is 0.164. The Morgan fingerprint density at radius 2 is 1.96 bits per heavy atom. The molecule has 2 amide bonds. The van der Waals surface area contributed by atoms with E-state index in [4.69, 9.17) is 4.52 Å². The van der Waals surface area contributed by atoms with E-state index in [9.17, 15) is 4.79 Å². The van der Waals surface area contributed by atoms with Crippen LogP contribution in [-0.2, 0) is 6.42 Å². The zero-order valence-electron chi connectivity index (χ0n) is 15.9. The number of rotatable bonds is 4. The predicted molar refractivity (Wildman–Crippen MR) is 97.7 cm³/mol. The van der Waals surface area contributed by atoms with Gasteiger partial charge >= 0.3 is 6.03 Å². The standard InChI is InChI=1S/C19H32N4O2/c1-14(12-18-15(2)21-25-16(18)3)20-19(24)23-11-5-4-8-17(13-23)22-9-6-7-10-22/h14,17H,4-13H2,1-3H3,(H,20,24)/t14-,17+/m0/s1. The van der Waals surface area contributed by atoms with Crippen molar-refractivity contribution in [3.05, 3.63) is 17.0 Å². The molecule has 6 heteroatoms. The first kappa shape index (κ1) is 18.2. The molecule has 1 aromatic heterocycles. The number of hydrogen-bond donors (Lipinski definition) is 1. The quantitative estimate of drug-likeness (QED) is 0.909.